The first kappa shape index (κ1) is 18.8. The monoisotopic (exact) mass is 363 g/mol. The molecule has 0 aliphatic heterocycles. The Morgan fingerprint density at radius 2 is 1.72 bits per heavy atom. The predicted octanol–water partition coefficient (Wildman–Crippen LogP) is 3.97. The lowest BCUT2D eigenvalue weighted by molar-refractivity contribution is 0.0528. The fraction of sp³-hybridized carbons (Fsp3) is 0.333. The molecule has 0 atom stereocenters. The Hall–Kier alpha value is -2.54. The van der Waals surface area contributed by atoms with Crippen LogP contribution in [0.4, 0.5) is 5.00 Å². The molecule has 0 radical (unpaired) electrons. The summed E-state index contributed by atoms with van der Waals surface area (Å²) in [6.45, 7) is 6.72. The van der Waals surface area contributed by atoms with Gasteiger partial charge in [0.1, 0.15) is 5.00 Å². The molecule has 0 unspecified atom stereocenters. The number of ether oxygens (including phenoxy) is 3. The highest BCUT2D eigenvalue weighted by Gasteiger charge is 2.18. The summed E-state index contributed by atoms with van der Waals surface area (Å²) < 4.78 is 16.0. The number of esters is 1. The SMILES string of the molecule is CCOC(=O)c1ccsc1NC(=O)c1ccc(OCC)c(OCC)c1. The quantitative estimate of drug-likeness (QED) is 0.718. The van der Waals surface area contributed by atoms with Gasteiger partial charge in [0.05, 0.1) is 25.4 Å². The van der Waals surface area contributed by atoms with Crippen molar-refractivity contribution in [1.82, 2.24) is 0 Å². The number of thiophene rings is 1. The molecule has 0 saturated carbocycles. The summed E-state index contributed by atoms with van der Waals surface area (Å²) in [5, 5.41) is 4.93. The number of benzene rings is 1. The summed E-state index contributed by atoms with van der Waals surface area (Å²) in [4.78, 5) is 24.4. The van der Waals surface area contributed by atoms with E-state index in [4.69, 9.17) is 14.2 Å². The minimum Gasteiger partial charge on any atom is -0.490 e. The van der Waals surface area contributed by atoms with Gasteiger partial charge >= 0.3 is 5.97 Å². The van der Waals surface area contributed by atoms with E-state index in [-0.39, 0.29) is 12.5 Å². The Bertz CT molecular complexity index is 741. The summed E-state index contributed by atoms with van der Waals surface area (Å²) >= 11 is 1.26. The minimum atomic E-state index is -0.458. The van der Waals surface area contributed by atoms with Crippen LogP contribution in [0, 0.1) is 0 Å². The van der Waals surface area contributed by atoms with Gasteiger partial charge in [-0.3, -0.25) is 4.79 Å². The Labute approximate surface area is 150 Å². The Balaban J connectivity index is 2.20. The number of carbonyl (C=O) groups excluding carboxylic acids is 2. The van der Waals surface area contributed by atoms with Crippen molar-refractivity contribution in [2.75, 3.05) is 25.1 Å². The first-order valence-electron chi connectivity index (χ1n) is 8.06. The van der Waals surface area contributed by atoms with Crippen LogP contribution in [0.5, 0.6) is 11.5 Å². The lowest BCUT2D eigenvalue weighted by Gasteiger charge is -2.12. The summed E-state index contributed by atoms with van der Waals surface area (Å²) in [5.74, 6) is 0.302. The average Bonchev–Trinajstić information content (AvgIpc) is 3.05. The topological polar surface area (TPSA) is 73.9 Å². The molecule has 0 spiro atoms. The lowest BCUT2D eigenvalue weighted by Crippen LogP contribution is -2.14. The van der Waals surface area contributed by atoms with E-state index in [1.807, 2.05) is 13.8 Å². The van der Waals surface area contributed by atoms with Crippen molar-refractivity contribution in [2.24, 2.45) is 0 Å². The molecule has 0 bridgehead atoms. The van der Waals surface area contributed by atoms with Gasteiger partial charge in [0.15, 0.2) is 11.5 Å². The highest BCUT2D eigenvalue weighted by molar-refractivity contribution is 7.14. The molecule has 7 heteroatoms. The Morgan fingerprint density at radius 3 is 2.40 bits per heavy atom. The van der Waals surface area contributed by atoms with Crippen LogP contribution in [0.15, 0.2) is 29.6 Å². The standard InChI is InChI=1S/C18H21NO5S/c1-4-22-14-8-7-12(11-15(14)23-5-2)16(20)19-17-13(9-10-25-17)18(21)24-6-3/h7-11H,4-6H2,1-3H3,(H,19,20). The fourth-order valence-corrected chi connectivity index (χ4v) is 2.91. The number of amides is 1. The van der Waals surface area contributed by atoms with Gasteiger partial charge in [0.2, 0.25) is 0 Å². The second kappa shape index (κ2) is 9.08. The van der Waals surface area contributed by atoms with Crippen LogP contribution < -0.4 is 14.8 Å². The molecule has 2 rings (SSSR count). The van der Waals surface area contributed by atoms with E-state index in [2.05, 4.69) is 5.32 Å². The van der Waals surface area contributed by atoms with Crippen LogP contribution in [0.2, 0.25) is 0 Å². The summed E-state index contributed by atoms with van der Waals surface area (Å²) in [6, 6.07) is 6.61. The van der Waals surface area contributed by atoms with Crippen molar-refractivity contribution >= 4 is 28.2 Å². The van der Waals surface area contributed by atoms with E-state index in [9.17, 15) is 9.59 Å². The molecule has 1 N–H and O–H groups in total. The number of carbonyl (C=O) groups is 2. The van der Waals surface area contributed by atoms with Gasteiger partial charge in [-0.15, -0.1) is 11.3 Å². The molecule has 6 nitrogen and oxygen atoms in total. The molecule has 134 valence electrons. The molecule has 0 fully saturated rings. The van der Waals surface area contributed by atoms with E-state index in [0.717, 1.165) is 0 Å². The second-order valence-corrected chi connectivity index (χ2v) is 5.78. The number of rotatable bonds is 8. The smallest absolute Gasteiger partial charge is 0.341 e. The van der Waals surface area contributed by atoms with Crippen LogP contribution in [-0.4, -0.2) is 31.7 Å². The number of anilines is 1. The molecule has 1 amide bonds. The first-order valence-corrected chi connectivity index (χ1v) is 8.94. The summed E-state index contributed by atoms with van der Waals surface area (Å²) in [6.07, 6.45) is 0. The van der Waals surface area contributed by atoms with Gasteiger partial charge in [-0.2, -0.15) is 0 Å². The normalized spacial score (nSPS) is 10.2. The van der Waals surface area contributed by atoms with Crippen LogP contribution in [0.1, 0.15) is 41.5 Å². The van der Waals surface area contributed by atoms with Gasteiger partial charge in [-0.05, 0) is 50.4 Å². The zero-order valence-corrected chi connectivity index (χ0v) is 15.3. The van der Waals surface area contributed by atoms with Gasteiger partial charge in [0.25, 0.3) is 5.91 Å². The van der Waals surface area contributed by atoms with Crippen molar-refractivity contribution in [3.8, 4) is 11.5 Å². The zero-order valence-electron chi connectivity index (χ0n) is 14.5. The number of hydrogen-bond donors (Lipinski definition) is 1. The molecule has 0 aliphatic rings. The maximum absolute atomic E-state index is 12.5. The third-order valence-electron chi connectivity index (χ3n) is 3.19. The molecule has 0 aliphatic carbocycles. The van der Waals surface area contributed by atoms with Crippen LogP contribution in [-0.2, 0) is 4.74 Å². The second-order valence-electron chi connectivity index (χ2n) is 4.87. The van der Waals surface area contributed by atoms with Gasteiger partial charge in [-0.1, -0.05) is 0 Å². The summed E-state index contributed by atoms with van der Waals surface area (Å²) in [7, 11) is 0. The zero-order chi connectivity index (χ0) is 18.2. The molecule has 2 aromatic rings. The van der Waals surface area contributed by atoms with Crippen LogP contribution in [0.3, 0.4) is 0 Å². The van der Waals surface area contributed by atoms with Crippen molar-refractivity contribution in [3.63, 3.8) is 0 Å². The Kier molecular flexibility index (Phi) is 6.82. The molecule has 25 heavy (non-hydrogen) atoms. The van der Waals surface area contributed by atoms with E-state index in [1.54, 1.807) is 36.6 Å². The van der Waals surface area contributed by atoms with Gasteiger partial charge in [0, 0.05) is 5.56 Å². The third-order valence-corrected chi connectivity index (χ3v) is 4.02. The van der Waals surface area contributed by atoms with E-state index in [1.165, 1.54) is 11.3 Å². The van der Waals surface area contributed by atoms with E-state index < -0.39 is 5.97 Å². The van der Waals surface area contributed by atoms with Gasteiger partial charge < -0.3 is 19.5 Å². The van der Waals surface area contributed by atoms with E-state index in [0.29, 0.717) is 40.8 Å². The number of nitrogens with one attached hydrogen (secondary N) is 1. The predicted molar refractivity (Wildman–Crippen MR) is 97.0 cm³/mol. The maximum atomic E-state index is 12.5. The van der Waals surface area contributed by atoms with Crippen LogP contribution >= 0.6 is 11.3 Å². The van der Waals surface area contributed by atoms with Gasteiger partial charge in [-0.25, -0.2) is 4.79 Å². The fourth-order valence-electron chi connectivity index (χ4n) is 2.14. The van der Waals surface area contributed by atoms with Crippen molar-refractivity contribution in [2.45, 2.75) is 20.8 Å². The van der Waals surface area contributed by atoms with Crippen molar-refractivity contribution in [3.05, 3.63) is 40.8 Å². The van der Waals surface area contributed by atoms with Crippen molar-refractivity contribution < 1.29 is 23.8 Å². The number of hydrogen-bond acceptors (Lipinski definition) is 6. The highest BCUT2D eigenvalue weighted by Crippen LogP contribution is 2.30. The molecule has 0 saturated heterocycles. The molecular formula is C18H21NO5S. The first-order chi connectivity index (χ1) is 12.1. The maximum Gasteiger partial charge on any atom is 0.341 e. The largest absolute Gasteiger partial charge is 0.490 e. The third kappa shape index (κ3) is 4.73. The van der Waals surface area contributed by atoms with E-state index >= 15 is 0 Å². The minimum absolute atomic E-state index is 0.276. The molecule has 1 heterocycles. The summed E-state index contributed by atoms with van der Waals surface area (Å²) in [5.41, 5.74) is 0.756. The highest BCUT2D eigenvalue weighted by atomic mass is 32.1. The van der Waals surface area contributed by atoms with Crippen LogP contribution in [0.25, 0.3) is 0 Å². The van der Waals surface area contributed by atoms with Crippen molar-refractivity contribution in [1.29, 1.82) is 0 Å². The molecule has 1 aromatic carbocycles. The Morgan fingerprint density at radius 1 is 1.00 bits per heavy atom. The lowest BCUT2D eigenvalue weighted by atomic mass is 10.2. The molecular weight excluding hydrogens is 342 g/mol. The average molecular weight is 363 g/mol. The molecule has 1 aromatic heterocycles.